The van der Waals surface area contributed by atoms with Crippen LogP contribution in [0.4, 0.5) is 0 Å². The number of rotatable bonds is 16. The summed E-state index contributed by atoms with van der Waals surface area (Å²) < 4.78 is 17.2. The number of likely N-dealkylation sites (tertiary alicyclic amines) is 1. The maximum absolute atomic E-state index is 13.4. The average Bonchev–Trinajstić information content (AvgIpc) is 3.23. The molecule has 1 aliphatic rings. The Morgan fingerprint density at radius 1 is 0.925 bits per heavy atom. The Labute approximate surface area is 238 Å². The number of hydrogen-bond donors (Lipinski definition) is 1. The largest absolute Gasteiger partial charge is 0.507 e. The SMILES string of the molecule is CCCCCOc1ccc(C2C(=C(O)c3ccc(OC)cc3)C(=O)C(=O)N2CCCN(CC)CC)cc1OCC. The van der Waals surface area contributed by atoms with Crippen LogP contribution in [0.5, 0.6) is 17.2 Å². The molecule has 3 rings (SSSR count). The number of Topliss-reactive ketones (excluding diaryl/α,β-unsaturated/α-hetero) is 1. The van der Waals surface area contributed by atoms with Gasteiger partial charge in [0, 0.05) is 12.1 Å². The van der Waals surface area contributed by atoms with Crippen molar-refractivity contribution in [3.05, 3.63) is 59.2 Å². The number of amides is 1. The number of carbonyl (C=O) groups is 2. The lowest BCUT2D eigenvalue weighted by Crippen LogP contribution is -2.33. The lowest BCUT2D eigenvalue weighted by Gasteiger charge is -2.27. The van der Waals surface area contributed by atoms with Crippen LogP contribution in [-0.4, -0.2) is 73.1 Å². The van der Waals surface area contributed by atoms with Crippen LogP contribution in [0.15, 0.2) is 48.0 Å². The molecule has 8 nitrogen and oxygen atoms in total. The van der Waals surface area contributed by atoms with E-state index in [-0.39, 0.29) is 11.3 Å². The number of nitrogens with zero attached hydrogens (tertiary/aromatic N) is 2. The molecule has 1 atom stereocenters. The molecular weight excluding hydrogens is 508 g/mol. The zero-order valence-electron chi connectivity index (χ0n) is 24.6. The number of ether oxygens (including phenoxy) is 3. The van der Waals surface area contributed by atoms with E-state index in [0.717, 1.165) is 38.9 Å². The van der Waals surface area contributed by atoms with Gasteiger partial charge in [0.1, 0.15) is 11.5 Å². The standard InChI is InChI=1S/C32H44N2O6/c1-6-10-11-21-40-26-18-15-24(22-27(26)39-9-4)29-28(30(35)23-13-16-25(38-5)17-14-23)31(36)32(37)34(29)20-12-19-33(7-2)8-3/h13-18,22,29,35H,6-12,19-21H2,1-5H3. The number of hydrogen-bond acceptors (Lipinski definition) is 7. The van der Waals surface area contributed by atoms with Crippen LogP contribution < -0.4 is 14.2 Å². The molecule has 0 spiro atoms. The van der Waals surface area contributed by atoms with E-state index in [2.05, 4.69) is 25.7 Å². The third-order valence-corrected chi connectivity index (χ3v) is 7.26. The first-order valence-electron chi connectivity index (χ1n) is 14.4. The molecule has 0 bridgehead atoms. The fourth-order valence-electron chi connectivity index (χ4n) is 4.98. The summed E-state index contributed by atoms with van der Waals surface area (Å²) >= 11 is 0. The maximum Gasteiger partial charge on any atom is 0.295 e. The molecule has 1 fully saturated rings. The fraction of sp³-hybridized carbons (Fsp3) is 0.500. The van der Waals surface area contributed by atoms with Crippen molar-refractivity contribution in [3.8, 4) is 17.2 Å². The van der Waals surface area contributed by atoms with Crippen LogP contribution in [0.25, 0.3) is 5.76 Å². The van der Waals surface area contributed by atoms with Crippen molar-refractivity contribution in [1.82, 2.24) is 9.80 Å². The number of carbonyl (C=O) groups excluding carboxylic acids is 2. The summed E-state index contributed by atoms with van der Waals surface area (Å²) in [6.07, 6.45) is 3.82. The van der Waals surface area contributed by atoms with Gasteiger partial charge < -0.3 is 29.1 Å². The Bertz CT molecular complexity index is 1160. The smallest absolute Gasteiger partial charge is 0.295 e. The Kier molecular flexibility index (Phi) is 11.9. The molecule has 8 heteroatoms. The van der Waals surface area contributed by atoms with Crippen LogP contribution in [0.1, 0.15) is 70.5 Å². The third kappa shape index (κ3) is 7.36. The van der Waals surface area contributed by atoms with Crippen LogP contribution in [0, 0.1) is 0 Å². The molecule has 1 saturated heterocycles. The van der Waals surface area contributed by atoms with E-state index in [1.165, 1.54) is 0 Å². The molecule has 0 aromatic heterocycles. The molecule has 40 heavy (non-hydrogen) atoms. The van der Waals surface area contributed by atoms with Gasteiger partial charge in [-0.15, -0.1) is 0 Å². The number of benzene rings is 2. The number of methoxy groups -OCH3 is 1. The molecule has 1 unspecified atom stereocenters. The topological polar surface area (TPSA) is 88.5 Å². The highest BCUT2D eigenvalue weighted by Crippen LogP contribution is 2.42. The predicted molar refractivity (Wildman–Crippen MR) is 157 cm³/mol. The summed E-state index contributed by atoms with van der Waals surface area (Å²) in [6.45, 7) is 12.3. The Morgan fingerprint density at radius 3 is 2.27 bits per heavy atom. The second-order valence-electron chi connectivity index (χ2n) is 9.80. The van der Waals surface area contributed by atoms with Crippen LogP contribution in [0.2, 0.25) is 0 Å². The van der Waals surface area contributed by atoms with E-state index in [1.54, 1.807) is 36.3 Å². The Balaban J connectivity index is 2.05. The number of aliphatic hydroxyl groups excluding tert-OH is 1. The summed E-state index contributed by atoms with van der Waals surface area (Å²) in [4.78, 5) is 30.7. The van der Waals surface area contributed by atoms with Gasteiger partial charge in [0.15, 0.2) is 11.5 Å². The summed E-state index contributed by atoms with van der Waals surface area (Å²) in [7, 11) is 1.56. The van der Waals surface area contributed by atoms with Gasteiger partial charge >= 0.3 is 0 Å². The molecular formula is C32H44N2O6. The van der Waals surface area contributed by atoms with Crippen molar-refractivity contribution in [3.63, 3.8) is 0 Å². The fourth-order valence-corrected chi connectivity index (χ4v) is 4.98. The minimum absolute atomic E-state index is 0.0667. The normalized spacial score (nSPS) is 16.6. The minimum atomic E-state index is -0.757. The Hall–Kier alpha value is -3.52. The van der Waals surface area contributed by atoms with Gasteiger partial charge in [-0.05, 0) is 81.4 Å². The van der Waals surface area contributed by atoms with Crippen molar-refractivity contribution in [2.75, 3.05) is 46.5 Å². The van der Waals surface area contributed by atoms with E-state index in [0.29, 0.717) is 54.6 Å². The van der Waals surface area contributed by atoms with E-state index in [4.69, 9.17) is 14.2 Å². The van der Waals surface area contributed by atoms with E-state index >= 15 is 0 Å². The third-order valence-electron chi connectivity index (χ3n) is 7.26. The molecule has 0 saturated carbocycles. The molecule has 1 heterocycles. The second kappa shape index (κ2) is 15.3. The molecule has 2 aromatic carbocycles. The van der Waals surface area contributed by atoms with Crippen molar-refractivity contribution in [1.29, 1.82) is 0 Å². The summed E-state index contributed by atoms with van der Waals surface area (Å²) in [5.74, 6) is 0.275. The second-order valence-corrected chi connectivity index (χ2v) is 9.80. The first-order chi connectivity index (χ1) is 19.4. The van der Waals surface area contributed by atoms with Gasteiger partial charge in [0.25, 0.3) is 11.7 Å². The predicted octanol–water partition coefficient (Wildman–Crippen LogP) is 5.82. The Morgan fingerprint density at radius 2 is 1.65 bits per heavy atom. The van der Waals surface area contributed by atoms with Crippen molar-refractivity contribution in [2.45, 2.75) is 59.4 Å². The monoisotopic (exact) mass is 552 g/mol. The zero-order chi connectivity index (χ0) is 29.1. The van der Waals surface area contributed by atoms with Crippen molar-refractivity contribution in [2.24, 2.45) is 0 Å². The highest BCUT2D eigenvalue weighted by Gasteiger charge is 2.46. The highest BCUT2D eigenvalue weighted by atomic mass is 16.5. The molecule has 2 aromatic rings. The molecule has 1 amide bonds. The van der Waals surface area contributed by atoms with Gasteiger partial charge in [0.05, 0.1) is 31.9 Å². The van der Waals surface area contributed by atoms with E-state index < -0.39 is 17.7 Å². The molecule has 1 N–H and O–H groups in total. The van der Waals surface area contributed by atoms with Gasteiger partial charge in [-0.25, -0.2) is 0 Å². The number of ketones is 1. The first kappa shape index (κ1) is 31.0. The van der Waals surface area contributed by atoms with E-state index in [9.17, 15) is 14.7 Å². The lowest BCUT2D eigenvalue weighted by molar-refractivity contribution is -0.140. The lowest BCUT2D eigenvalue weighted by atomic mass is 9.95. The summed E-state index contributed by atoms with van der Waals surface area (Å²) in [5.41, 5.74) is 1.19. The van der Waals surface area contributed by atoms with Crippen LogP contribution in [-0.2, 0) is 9.59 Å². The number of unbranched alkanes of at least 4 members (excludes halogenated alkanes) is 2. The van der Waals surface area contributed by atoms with Crippen molar-refractivity contribution < 1.29 is 28.9 Å². The molecule has 1 aliphatic heterocycles. The van der Waals surface area contributed by atoms with Gasteiger partial charge in [-0.2, -0.15) is 0 Å². The van der Waals surface area contributed by atoms with Gasteiger partial charge in [-0.3, -0.25) is 9.59 Å². The highest BCUT2D eigenvalue weighted by molar-refractivity contribution is 6.46. The summed E-state index contributed by atoms with van der Waals surface area (Å²) in [5, 5.41) is 11.4. The van der Waals surface area contributed by atoms with Gasteiger partial charge in [0.2, 0.25) is 0 Å². The quantitative estimate of drug-likeness (QED) is 0.122. The number of aliphatic hydroxyl groups is 1. The summed E-state index contributed by atoms with van der Waals surface area (Å²) in [6, 6.07) is 11.5. The zero-order valence-corrected chi connectivity index (χ0v) is 24.6. The molecule has 0 radical (unpaired) electrons. The minimum Gasteiger partial charge on any atom is -0.507 e. The van der Waals surface area contributed by atoms with Crippen molar-refractivity contribution >= 4 is 17.4 Å². The first-order valence-corrected chi connectivity index (χ1v) is 14.4. The van der Waals surface area contributed by atoms with Crippen LogP contribution >= 0.6 is 0 Å². The van der Waals surface area contributed by atoms with E-state index in [1.807, 2.05) is 25.1 Å². The van der Waals surface area contributed by atoms with Gasteiger partial charge in [-0.1, -0.05) is 39.7 Å². The molecule has 0 aliphatic carbocycles. The average molecular weight is 553 g/mol. The maximum atomic E-state index is 13.4. The molecule has 218 valence electrons. The van der Waals surface area contributed by atoms with Crippen LogP contribution in [0.3, 0.4) is 0 Å².